The highest BCUT2D eigenvalue weighted by Crippen LogP contribution is 2.35. The second kappa shape index (κ2) is 8.88. The van der Waals surface area contributed by atoms with Gasteiger partial charge in [-0.25, -0.2) is 0 Å². The minimum Gasteiger partial charge on any atom is -0.344 e. The van der Waals surface area contributed by atoms with Gasteiger partial charge in [0.25, 0.3) is 0 Å². The van der Waals surface area contributed by atoms with Crippen molar-refractivity contribution in [1.29, 1.82) is 0 Å². The highest BCUT2D eigenvalue weighted by atomic mass is 15.2. The molecule has 2 aliphatic heterocycles. The predicted octanol–water partition coefficient (Wildman–Crippen LogP) is 6.15. The smallest absolute Gasteiger partial charge is 0.0486 e. The molecule has 2 saturated heterocycles. The Hall–Kier alpha value is -1.58. The molecule has 3 nitrogen and oxygen atoms in total. The summed E-state index contributed by atoms with van der Waals surface area (Å²) in [6.07, 6.45) is 13.2. The molecule has 1 aliphatic carbocycles. The van der Waals surface area contributed by atoms with E-state index in [1.165, 1.54) is 94.0 Å². The van der Waals surface area contributed by atoms with Gasteiger partial charge in [0.15, 0.2) is 0 Å². The van der Waals surface area contributed by atoms with Crippen molar-refractivity contribution in [3.05, 3.63) is 47.2 Å². The van der Waals surface area contributed by atoms with Gasteiger partial charge in [-0.2, -0.15) is 0 Å². The normalized spacial score (nSPS) is 24.7. The predicted molar refractivity (Wildman–Crippen MR) is 127 cm³/mol. The van der Waals surface area contributed by atoms with Crippen molar-refractivity contribution in [2.24, 2.45) is 0 Å². The van der Waals surface area contributed by atoms with Crippen LogP contribution in [0.2, 0.25) is 0 Å². The molecule has 30 heavy (non-hydrogen) atoms. The van der Waals surface area contributed by atoms with Gasteiger partial charge in [0, 0.05) is 48.8 Å². The van der Waals surface area contributed by atoms with Crippen LogP contribution >= 0.6 is 0 Å². The standard InChI is InChI=1S/C27H39N3/c1-21(2)22-9-11-24(12-10-22)29-17-13-25(14-18-29)30-20-23(19-28-15-5-6-16-28)26-7-3-4-8-27(26)30/h3-4,7-8,20,24-25H,5-6,9-19H2,1-2H3. The molecule has 0 bridgehead atoms. The number of nitrogens with zero attached hydrogens (tertiary/aromatic N) is 3. The molecule has 0 N–H and O–H groups in total. The largest absolute Gasteiger partial charge is 0.344 e. The van der Waals surface area contributed by atoms with Gasteiger partial charge >= 0.3 is 0 Å². The van der Waals surface area contributed by atoms with Gasteiger partial charge in [-0.05, 0) is 89.9 Å². The summed E-state index contributed by atoms with van der Waals surface area (Å²) in [7, 11) is 0. The average molecular weight is 406 g/mol. The Kier molecular flexibility index (Phi) is 6.02. The van der Waals surface area contributed by atoms with Crippen LogP contribution in [0.3, 0.4) is 0 Å². The van der Waals surface area contributed by atoms with E-state index in [1.807, 2.05) is 0 Å². The molecule has 1 aromatic heterocycles. The topological polar surface area (TPSA) is 11.4 Å². The quantitative estimate of drug-likeness (QED) is 0.565. The summed E-state index contributed by atoms with van der Waals surface area (Å²) >= 11 is 0. The van der Waals surface area contributed by atoms with Gasteiger partial charge in [0.05, 0.1) is 0 Å². The molecular formula is C27H39N3. The average Bonchev–Trinajstić information content (AvgIpc) is 3.43. The molecule has 3 fully saturated rings. The summed E-state index contributed by atoms with van der Waals surface area (Å²) in [4.78, 5) is 5.45. The Bertz CT molecular complexity index is 880. The molecule has 1 aromatic carbocycles. The number of hydrogen-bond donors (Lipinski definition) is 0. The van der Waals surface area contributed by atoms with Crippen LogP contribution in [-0.4, -0.2) is 46.6 Å². The highest BCUT2D eigenvalue weighted by Gasteiger charge is 2.29. The second-order valence-corrected chi connectivity index (χ2v) is 10.2. The van der Waals surface area contributed by atoms with Crippen molar-refractivity contribution >= 4 is 10.9 Å². The van der Waals surface area contributed by atoms with E-state index < -0.39 is 0 Å². The van der Waals surface area contributed by atoms with Gasteiger partial charge in [-0.3, -0.25) is 4.90 Å². The monoisotopic (exact) mass is 405 g/mol. The number of allylic oxidation sites excluding steroid dienone is 2. The Morgan fingerprint density at radius 1 is 0.867 bits per heavy atom. The summed E-state index contributed by atoms with van der Waals surface area (Å²) < 4.78 is 2.64. The molecule has 2 aromatic rings. The van der Waals surface area contributed by atoms with Gasteiger partial charge in [-0.1, -0.05) is 29.3 Å². The van der Waals surface area contributed by atoms with Gasteiger partial charge in [-0.15, -0.1) is 0 Å². The summed E-state index contributed by atoms with van der Waals surface area (Å²) in [5.41, 5.74) is 6.29. The molecule has 0 spiro atoms. The summed E-state index contributed by atoms with van der Waals surface area (Å²) in [5.74, 6) is 0. The van der Waals surface area contributed by atoms with Crippen LogP contribution in [0.25, 0.3) is 10.9 Å². The SMILES string of the molecule is CC(C)=C1CCC(N2CCC(n3cc(CN4CCCC4)c4ccccc43)CC2)CC1. The molecule has 1 saturated carbocycles. The molecule has 0 atom stereocenters. The number of likely N-dealkylation sites (tertiary alicyclic amines) is 2. The van der Waals surface area contributed by atoms with Crippen molar-refractivity contribution in [3.63, 3.8) is 0 Å². The zero-order valence-corrected chi connectivity index (χ0v) is 19.1. The summed E-state index contributed by atoms with van der Waals surface area (Å²) in [5, 5.41) is 1.48. The molecule has 3 heterocycles. The summed E-state index contributed by atoms with van der Waals surface area (Å²) in [6, 6.07) is 10.6. The van der Waals surface area contributed by atoms with Gasteiger partial charge < -0.3 is 9.47 Å². The van der Waals surface area contributed by atoms with Crippen molar-refractivity contribution in [1.82, 2.24) is 14.4 Å². The fourth-order valence-corrected chi connectivity index (χ4v) is 6.23. The number of benzene rings is 1. The zero-order chi connectivity index (χ0) is 20.5. The number of hydrogen-bond acceptors (Lipinski definition) is 2. The Morgan fingerprint density at radius 2 is 1.57 bits per heavy atom. The lowest BCUT2D eigenvalue weighted by atomic mass is 9.86. The first-order valence-corrected chi connectivity index (χ1v) is 12.4. The van der Waals surface area contributed by atoms with Crippen molar-refractivity contribution < 1.29 is 0 Å². The minimum absolute atomic E-state index is 0.662. The third-order valence-electron chi connectivity index (χ3n) is 8.09. The first-order valence-electron chi connectivity index (χ1n) is 12.4. The third kappa shape index (κ3) is 4.11. The van der Waals surface area contributed by atoms with E-state index in [4.69, 9.17) is 0 Å². The van der Waals surface area contributed by atoms with Crippen LogP contribution in [0, 0.1) is 0 Å². The van der Waals surface area contributed by atoms with Crippen molar-refractivity contribution in [3.8, 4) is 0 Å². The number of fused-ring (bicyclic) bond motifs is 1. The number of rotatable bonds is 4. The van der Waals surface area contributed by atoms with Crippen LogP contribution in [0.5, 0.6) is 0 Å². The van der Waals surface area contributed by atoms with E-state index in [2.05, 4.69) is 58.7 Å². The maximum atomic E-state index is 2.81. The lowest BCUT2D eigenvalue weighted by Crippen LogP contribution is -2.42. The zero-order valence-electron chi connectivity index (χ0n) is 19.1. The lowest BCUT2D eigenvalue weighted by molar-refractivity contribution is 0.117. The van der Waals surface area contributed by atoms with Gasteiger partial charge in [0.2, 0.25) is 0 Å². The first kappa shape index (κ1) is 20.3. The number of para-hydroxylation sites is 1. The molecule has 3 heteroatoms. The first-order chi connectivity index (χ1) is 14.7. The van der Waals surface area contributed by atoms with E-state index in [9.17, 15) is 0 Å². The van der Waals surface area contributed by atoms with E-state index in [0.717, 1.165) is 12.6 Å². The fourth-order valence-electron chi connectivity index (χ4n) is 6.23. The highest BCUT2D eigenvalue weighted by molar-refractivity contribution is 5.84. The molecule has 162 valence electrons. The fraction of sp³-hybridized carbons (Fsp3) is 0.630. The number of aromatic nitrogens is 1. The maximum Gasteiger partial charge on any atom is 0.0486 e. The summed E-state index contributed by atoms with van der Waals surface area (Å²) in [6.45, 7) is 10.8. The molecule has 0 unspecified atom stereocenters. The lowest BCUT2D eigenvalue weighted by Gasteiger charge is -2.40. The van der Waals surface area contributed by atoms with E-state index in [1.54, 1.807) is 11.1 Å². The van der Waals surface area contributed by atoms with Crippen molar-refractivity contribution in [2.45, 2.75) is 83.8 Å². The van der Waals surface area contributed by atoms with E-state index in [-0.39, 0.29) is 0 Å². The van der Waals surface area contributed by atoms with Crippen LogP contribution < -0.4 is 0 Å². The van der Waals surface area contributed by atoms with Gasteiger partial charge in [0.1, 0.15) is 0 Å². The van der Waals surface area contributed by atoms with E-state index in [0.29, 0.717) is 6.04 Å². The molecule has 5 rings (SSSR count). The Balaban J connectivity index is 1.26. The molecular weight excluding hydrogens is 366 g/mol. The Labute approximate surface area is 182 Å². The van der Waals surface area contributed by atoms with Crippen LogP contribution in [0.4, 0.5) is 0 Å². The maximum absolute atomic E-state index is 2.81. The Morgan fingerprint density at radius 3 is 2.27 bits per heavy atom. The van der Waals surface area contributed by atoms with E-state index >= 15 is 0 Å². The van der Waals surface area contributed by atoms with Crippen LogP contribution in [0.15, 0.2) is 41.6 Å². The van der Waals surface area contributed by atoms with Crippen molar-refractivity contribution in [2.75, 3.05) is 26.2 Å². The van der Waals surface area contributed by atoms with Crippen LogP contribution in [0.1, 0.15) is 76.8 Å². The molecule has 0 amide bonds. The molecule has 3 aliphatic rings. The third-order valence-corrected chi connectivity index (χ3v) is 8.09. The minimum atomic E-state index is 0.662. The van der Waals surface area contributed by atoms with Crippen LogP contribution in [-0.2, 0) is 6.54 Å². The second-order valence-electron chi connectivity index (χ2n) is 10.2. The number of piperidine rings is 1. The molecule has 0 radical (unpaired) electrons.